The number of hydrogen-bond acceptors (Lipinski definition) is 4. The number of hydrogen-bond donors (Lipinski definition) is 0. The number of methoxy groups -OCH3 is 1. The highest BCUT2D eigenvalue weighted by Crippen LogP contribution is 2.27. The highest BCUT2D eigenvalue weighted by Gasteiger charge is 2.24. The maximum absolute atomic E-state index is 12.5. The van der Waals surface area contributed by atoms with Gasteiger partial charge in [0.05, 0.1) is 7.11 Å². The maximum Gasteiger partial charge on any atom is 0.278 e. The van der Waals surface area contributed by atoms with E-state index in [2.05, 4.69) is 16.3 Å². The summed E-state index contributed by atoms with van der Waals surface area (Å²) in [6.07, 6.45) is 1.97. The molecule has 0 atom stereocenters. The Hall–Kier alpha value is -2.43. The Morgan fingerprint density at radius 1 is 1.20 bits per heavy atom. The summed E-state index contributed by atoms with van der Waals surface area (Å²) in [6, 6.07) is 11.3. The molecule has 0 N–H and O–H groups in total. The van der Waals surface area contributed by atoms with Crippen molar-refractivity contribution in [1.82, 2.24) is 10.2 Å². The van der Waals surface area contributed by atoms with Gasteiger partial charge < -0.3 is 9.64 Å². The lowest BCUT2D eigenvalue weighted by atomic mass is 10.0. The molecule has 2 aromatic rings. The van der Waals surface area contributed by atoms with Gasteiger partial charge in [0.15, 0.2) is 5.69 Å². The number of para-hydroxylation sites is 1. The van der Waals surface area contributed by atoms with Crippen LogP contribution < -0.4 is 9.64 Å². The molecule has 0 fully saturated rings. The number of carbonyl (C=O) groups excluding carboxylic acids is 1. The number of ether oxygens (including phenoxy) is 1. The van der Waals surface area contributed by atoms with Crippen molar-refractivity contribution in [3.63, 3.8) is 0 Å². The number of fused-ring (bicyclic) bond motifs is 1. The lowest BCUT2D eigenvalue weighted by Gasteiger charge is -2.29. The van der Waals surface area contributed by atoms with Crippen molar-refractivity contribution >= 4 is 11.6 Å². The van der Waals surface area contributed by atoms with Crippen LogP contribution in [0.3, 0.4) is 0 Å². The van der Waals surface area contributed by atoms with Crippen LogP contribution in [-0.4, -0.2) is 29.8 Å². The largest absolute Gasteiger partial charge is 0.480 e. The highest BCUT2D eigenvalue weighted by molar-refractivity contribution is 6.05. The molecule has 1 amide bonds. The number of amides is 1. The molecular formula is C15H15N3O2. The summed E-state index contributed by atoms with van der Waals surface area (Å²) in [4.78, 5) is 14.3. The Labute approximate surface area is 117 Å². The summed E-state index contributed by atoms with van der Waals surface area (Å²) in [5, 5.41) is 7.78. The summed E-state index contributed by atoms with van der Waals surface area (Å²) in [6.45, 7) is 0.712. The summed E-state index contributed by atoms with van der Waals surface area (Å²) >= 11 is 0. The zero-order valence-electron chi connectivity index (χ0n) is 11.2. The van der Waals surface area contributed by atoms with Crippen LogP contribution in [-0.2, 0) is 6.42 Å². The van der Waals surface area contributed by atoms with Gasteiger partial charge in [-0.1, -0.05) is 18.2 Å². The molecule has 0 spiro atoms. The van der Waals surface area contributed by atoms with Crippen LogP contribution >= 0.6 is 0 Å². The van der Waals surface area contributed by atoms with Gasteiger partial charge in [0.25, 0.3) is 5.91 Å². The number of nitrogens with zero attached hydrogens (tertiary/aromatic N) is 3. The Balaban J connectivity index is 1.91. The van der Waals surface area contributed by atoms with E-state index in [-0.39, 0.29) is 5.91 Å². The number of anilines is 1. The average Bonchev–Trinajstić information content (AvgIpc) is 2.54. The maximum atomic E-state index is 12.5. The van der Waals surface area contributed by atoms with E-state index in [1.54, 1.807) is 17.0 Å². The molecule has 20 heavy (non-hydrogen) atoms. The molecule has 102 valence electrons. The van der Waals surface area contributed by atoms with Crippen molar-refractivity contribution in [3.8, 4) is 5.88 Å². The van der Waals surface area contributed by atoms with Crippen molar-refractivity contribution in [2.24, 2.45) is 0 Å². The van der Waals surface area contributed by atoms with E-state index in [1.165, 1.54) is 12.7 Å². The van der Waals surface area contributed by atoms with E-state index < -0.39 is 0 Å². The van der Waals surface area contributed by atoms with Crippen molar-refractivity contribution in [2.75, 3.05) is 18.6 Å². The third kappa shape index (κ3) is 2.22. The van der Waals surface area contributed by atoms with Crippen LogP contribution in [0, 0.1) is 0 Å². The molecule has 0 saturated carbocycles. The zero-order chi connectivity index (χ0) is 13.9. The first kappa shape index (κ1) is 12.6. The van der Waals surface area contributed by atoms with E-state index in [4.69, 9.17) is 4.74 Å². The van der Waals surface area contributed by atoms with Crippen LogP contribution in [0.15, 0.2) is 36.4 Å². The summed E-state index contributed by atoms with van der Waals surface area (Å²) in [5.41, 5.74) is 2.51. The second-order valence-corrected chi connectivity index (χ2v) is 4.65. The van der Waals surface area contributed by atoms with E-state index >= 15 is 0 Å². The molecule has 0 unspecified atom stereocenters. The minimum Gasteiger partial charge on any atom is -0.480 e. The third-order valence-electron chi connectivity index (χ3n) is 3.42. The normalized spacial score (nSPS) is 13.8. The van der Waals surface area contributed by atoms with Gasteiger partial charge in [-0.05, 0) is 30.5 Å². The number of aromatic nitrogens is 2. The van der Waals surface area contributed by atoms with E-state index in [1.807, 2.05) is 18.2 Å². The van der Waals surface area contributed by atoms with Crippen LogP contribution in [0.5, 0.6) is 5.88 Å². The van der Waals surface area contributed by atoms with Crippen LogP contribution in [0.25, 0.3) is 0 Å². The minimum atomic E-state index is -0.118. The predicted octanol–water partition coefficient (Wildman–Crippen LogP) is 2.08. The van der Waals surface area contributed by atoms with Crippen molar-refractivity contribution < 1.29 is 9.53 Å². The predicted molar refractivity (Wildman–Crippen MR) is 75.0 cm³/mol. The van der Waals surface area contributed by atoms with Gasteiger partial charge in [0, 0.05) is 18.3 Å². The molecule has 0 radical (unpaired) electrons. The molecule has 5 heteroatoms. The molecule has 2 heterocycles. The molecule has 0 bridgehead atoms. The lowest BCUT2D eigenvalue weighted by Crippen LogP contribution is -2.36. The fourth-order valence-electron chi connectivity index (χ4n) is 2.43. The van der Waals surface area contributed by atoms with Gasteiger partial charge in [-0.25, -0.2) is 0 Å². The molecule has 0 aliphatic carbocycles. The molecule has 3 rings (SSSR count). The number of aryl methyl sites for hydroxylation is 1. The average molecular weight is 269 g/mol. The smallest absolute Gasteiger partial charge is 0.278 e. The van der Waals surface area contributed by atoms with Gasteiger partial charge in [-0.3, -0.25) is 4.79 Å². The minimum absolute atomic E-state index is 0.118. The first-order chi connectivity index (χ1) is 9.79. The van der Waals surface area contributed by atoms with Crippen molar-refractivity contribution in [1.29, 1.82) is 0 Å². The Bertz CT molecular complexity index is 625. The van der Waals surface area contributed by atoms with Gasteiger partial charge >= 0.3 is 0 Å². The van der Waals surface area contributed by atoms with Gasteiger partial charge in [0.1, 0.15) is 0 Å². The molecule has 1 aromatic heterocycles. The number of rotatable bonds is 2. The highest BCUT2D eigenvalue weighted by atomic mass is 16.5. The van der Waals surface area contributed by atoms with Crippen LogP contribution in [0.1, 0.15) is 22.5 Å². The van der Waals surface area contributed by atoms with Crippen molar-refractivity contribution in [2.45, 2.75) is 12.8 Å². The van der Waals surface area contributed by atoms with Gasteiger partial charge in [-0.15, -0.1) is 10.2 Å². The van der Waals surface area contributed by atoms with Gasteiger partial charge in [-0.2, -0.15) is 0 Å². The fraction of sp³-hybridized carbons (Fsp3) is 0.267. The van der Waals surface area contributed by atoms with E-state index in [0.717, 1.165) is 18.5 Å². The monoisotopic (exact) mass is 269 g/mol. The molecular weight excluding hydrogens is 254 g/mol. The summed E-state index contributed by atoms with van der Waals surface area (Å²) in [5.74, 6) is 0.285. The second-order valence-electron chi connectivity index (χ2n) is 4.65. The Morgan fingerprint density at radius 3 is 2.80 bits per heavy atom. The fourth-order valence-corrected chi connectivity index (χ4v) is 2.43. The second kappa shape index (κ2) is 5.28. The van der Waals surface area contributed by atoms with Gasteiger partial charge in [0.2, 0.25) is 5.88 Å². The SMILES string of the molecule is COc1ccc(C(=O)N2CCCc3ccccc32)nn1. The lowest BCUT2D eigenvalue weighted by molar-refractivity contribution is 0.0979. The van der Waals surface area contributed by atoms with Crippen molar-refractivity contribution in [3.05, 3.63) is 47.7 Å². The zero-order valence-corrected chi connectivity index (χ0v) is 11.2. The van der Waals surface area contributed by atoms with E-state index in [9.17, 15) is 4.79 Å². The quantitative estimate of drug-likeness (QED) is 0.837. The molecule has 1 aromatic carbocycles. The molecule has 5 nitrogen and oxygen atoms in total. The van der Waals surface area contributed by atoms with Crippen LogP contribution in [0.2, 0.25) is 0 Å². The number of carbonyl (C=O) groups is 1. The standard InChI is InChI=1S/C15H15N3O2/c1-20-14-9-8-12(16-17-14)15(19)18-10-4-6-11-5-2-3-7-13(11)18/h2-3,5,7-9H,4,6,10H2,1H3. The van der Waals surface area contributed by atoms with Crippen LogP contribution in [0.4, 0.5) is 5.69 Å². The summed E-state index contributed by atoms with van der Waals surface area (Å²) < 4.78 is 4.95. The first-order valence-electron chi connectivity index (χ1n) is 6.57. The molecule has 1 aliphatic heterocycles. The number of benzene rings is 1. The molecule has 0 saturated heterocycles. The van der Waals surface area contributed by atoms with E-state index in [0.29, 0.717) is 18.1 Å². The summed E-state index contributed by atoms with van der Waals surface area (Å²) in [7, 11) is 1.52. The third-order valence-corrected chi connectivity index (χ3v) is 3.42. The molecule has 1 aliphatic rings. The Morgan fingerprint density at radius 2 is 2.05 bits per heavy atom. The Kier molecular flexibility index (Phi) is 3.33. The topological polar surface area (TPSA) is 55.3 Å². The first-order valence-corrected chi connectivity index (χ1v) is 6.57.